The lowest BCUT2D eigenvalue weighted by atomic mass is 10.1. The van der Waals surface area contributed by atoms with Crippen LogP contribution in [0.25, 0.3) is 0 Å². The van der Waals surface area contributed by atoms with Crippen LogP contribution in [0.1, 0.15) is 25.8 Å². The predicted molar refractivity (Wildman–Crippen MR) is 84.6 cm³/mol. The lowest BCUT2D eigenvalue weighted by Gasteiger charge is -2.27. The molecular weight excluding hydrogens is 312 g/mol. The van der Waals surface area contributed by atoms with E-state index in [1.54, 1.807) is 11.0 Å². The molecule has 0 saturated carbocycles. The van der Waals surface area contributed by atoms with Crippen LogP contribution < -0.4 is 4.72 Å². The number of hydrogen-bond acceptors (Lipinski definition) is 3. The highest BCUT2D eigenvalue weighted by atomic mass is 35.5. The molecule has 0 fully saturated rings. The average molecular weight is 333 g/mol. The summed E-state index contributed by atoms with van der Waals surface area (Å²) in [5, 5.41) is 0.627. The summed E-state index contributed by atoms with van der Waals surface area (Å²) >= 11 is 5.94. The molecule has 0 bridgehead atoms. The Morgan fingerprint density at radius 1 is 1.38 bits per heavy atom. The minimum Gasteiger partial charge on any atom is -0.336 e. The van der Waals surface area contributed by atoms with E-state index in [1.807, 2.05) is 32.0 Å². The normalized spacial score (nSPS) is 11.7. The van der Waals surface area contributed by atoms with E-state index in [0.717, 1.165) is 11.8 Å². The van der Waals surface area contributed by atoms with Gasteiger partial charge in [-0.25, -0.2) is 13.1 Å². The lowest BCUT2D eigenvalue weighted by Crippen LogP contribution is -2.38. The van der Waals surface area contributed by atoms with E-state index in [0.29, 0.717) is 11.6 Å². The fraction of sp³-hybridized carbons (Fsp3) is 0.500. The molecule has 0 spiro atoms. The minimum absolute atomic E-state index is 0.0229. The summed E-state index contributed by atoms with van der Waals surface area (Å²) in [5.74, 6) is -0.0962. The first-order chi connectivity index (χ1) is 9.69. The lowest BCUT2D eigenvalue weighted by molar-refractivity contribution is -0.133. The number of halogens is 1. The van der Waals surface area contributed by atoms with Gasteiger partial charge in [0, 0.05) is 30.6 Å². The standard InChI is InChI=1S/C14H21ClN2O3S/c1-11(2)17(10-12-5-4-6-13(15)9-12)14(18)7-8-16-21(3,19)20/h4-6,9,11,16H,7-8,10H2,1-3H3. The van der Waals surface area contributed by atoms with Gasteiger partial charge >= 0.3 is 0 Å². The van der Waals surface area contributed by atoms with Gasteiger partial charge in [0.25, 0.3) is 0 Å². The Hall–Kier alpha value is -1.11. The van der Waals surface area contributed by atoms with Gasteiger partial charge in [0.2, 0.25) is 15.9 Å². The van der Waals surface area contributed by atoms with E-state index in [2.05, 4.69) is 4.72 Å². The molecule has 21 heavy (non-hydrogen) atoms. The fourth-order valence-corrected chi connectivity index (χ4v) is 2.56. The van der Waals surface area contributed by atoms with Crippen molar-refractivity contribution in [3.63, 3.8) is 0 Å². The third kappa shape index (κ3) is 6.93. The van der Waals surface area contributed by atoms with Crippen molar-refractivity contribution >= 4 is 27.5 Å². The molecule has 0 unspecified atom stereocenters. The zero-order valence-corrected chi connectivity index (χ0v) is 14.0. The highest BCUT2D eigenvalue weighted by Gasteiger charge is 2.17. The monoisotopic (exact) mass is 332 g/mol. The molecule has 0 aliphatic heterocycles. The number of amides is 1. The largest absolute Gasteiger partial charge is 0.336 e. The molecule has 5 nitrogen and oxygen atoms in total. The number of benzene rings is 1. The molecule has 0 aromatic heterocycles. The quantitative estimate of drug-likeness (QED) is 0.830. The highest BCUT2D eigenvalue weighted by Crippen LogP contribution is 2.14. The molecule has 0 radical (unpaired) electrons. The van der Waals surface area contributed by atoms with Crippen molar-refractivity contribution in [2.75, 3.05) is 12.8 Å². The maximum absolute atomic E-state index is 12.2. The molecule has 0 saturated heterocycles. The zero-order chi connectivity index (χ0) is 16.0. The van der Waals surface area contributed by atoms with Crippen LogP contribution in [0, 0.1) is 0 Å². The Bertz CT molecular complexity index is 588. The van der Waals surface area contributed by atoms with Crippen molar-refractivity contribution < 1.29 is 13.2 Å². The molecule has 118 valence electrons. The topological polar surface area (TPSA) is 66.5 Å². The number of rotatable bonds is 7. The number of sulfonamides is 1. The summed E-state index contributed by atoms with van der Waals surface area (Å²) in [7, 11) is -3.27. The summed E-state index contributed by atoms with van der Waals surface area (Å²) in [6.07, 6.45) is 1.20. The van der Waals surface area contributed by atoms with Crippen LogP contribution in [0.2, 0.25) is 5.02 Å². The third-order valence-corrected chi connectivity index (χ3v) is 3.85. The van der Waals surface area contributed by atoms with Gasteiger partial charge in [-0.1, -0.05) is 23.7 Å². The van der Waals surface area contributed by atoms with Gasteiger partial charge < -0.3 is 4.90 Å². The number of carbonyl (C=O) groups excluding carboxylic acids is 1. The van der Waals surface area contributed by atoms with Crippen LogP contribution in [0.15, 0.2) is 24.3 Å². The van der Waals surface area contributed by atoms with Gasteiger partial charge in [-0.15, -0.1) is 0 Å². The summed E-state index contributed by atoms with van der Waals surface area (Å²) in [6, 6.07) is 7.37. The van der Waals surface area contributed by atoms with Crippen LogP contribution in [0.3, 0.4) is 0 Å². The van der Waals surface area contributed by atoms with Crippen LogP contribution in [0.4, 0.5) is 0 Å². The van der Waals surface area contributed by atoms with E-state index >= 15 is 0 Å². The second-order valence-corrected chi connectivity index (χ2v) is 7.43. The minimum atomic E-state index is -3.27. The van der Waals surface area contributed by atoms with Crippen LogP contribution in [0.5, 0.6) is 0 Å². The van der Waals surface area contributed by atoms with E-state index in [4.69, 9.17) is 11.6 Å². The maximum atomic E-state index is 12.2. The van der Waals surface area contributed by atoms with Crippen LogP contribution in [-0.2, 0) is 21.4 Å². The molecular formula is C14H21ClN2O3S. The number of hydrogen-bond donors (Lipinski definition) is 1. The van der Waals surface area contributed by atoms with Crippen molar-refractivity contribution in [3.8, 4) is 0 Å². The molecule has 1 aromatic rings. The van der Waals surface area contributed by atoms with Crippen molar-refractivity contribution in [2.45, 2.75) is 32.9 Å². The SMILES string of the molecule is CC(C)N(Cc1cccc(Cl)c1)C(=O)CCNS(C)(=O)=O. The zero-order valence-electron chi connectivity index (χ0n) is 12.5. The summed E-state index contributed by atoms with van der Waals surface area (Å²) in [4.78, 5) is 13.9. The number of nitrogens with one attached hydrogen (secondary N) is 1. The van der Waals surface area contributed by atoms with Crippen molar-refractivity contribution in [1.29, 1.82) is 0 Å². The maximum Gasteiger partial charge on any atom is 0.224 e. The molecule has 7 heteroatoms. The molecule has 0 atom stereocenters. The second kappa shape index (κ2) is 7.77. The van der Waals surface area contributed by atoms with E-state index in [1.165, 1.54) is 0 Å². The van der Waals surface area contributed by atoms with Crippen LogP contribution in [-0.4, -0.2) is 38.1 Å². The number of carbonyl (C=O) groups is 1. The van der Waals surface area contributed by atoms with Crippen LogP contribution >= 0.6 is 11.6 Å². The van der Waals surface area contributed by atoms with E-state index in [9.17, 15) is 13.2 Å². The van der Waals surface area contributed by atoms with Crippen molar-refractivity contribution in [2.24, 2.45) is 0 Å². The van der Waals surface area contributed by atoms with Crippen molar-refractivity contribution in [1.82, 2.24) is 9.62 Å². The first-order valence-electron chi connectivity index (χ1n) is 6.67. The molecule has 1 amide bonds. The van der Waals surface area contributed by atoms with E-state index in [-0.39, 0.29) is 24.9 Å². The first-order valence-corrected chi connectivity index (χ1v) is 8.94. The smallest absolute Gasteiger partial charge is 0.224 e. The predicted octanol–water partition coefficient (Wildman–Crippen LogP) is 2.02. The third-order valence-electron chi connectivity index (χ3n) is 2.89. The summed E-state index contributed by atoms with van der Waals surface area (Å²) in [5.41, 5.74) is 0.945. The first kappa shape index (κ1) is 17.9. The van der Waals surface area contributed by atoms with Gasteiger partial charge in [-0.3, -0.25) is 4.79 Å². The fourth-order valence-electron chi connectivity index (χ4n) is 1.88. The Labute approximate surface area is 131 Å². The molecule has 0 aliphatic carbocycles. The Morgan fingerprint density at radius 2 is 2.05 bits per heavy atom. The summed E-state index contributed by atoms with van der Waals surface area (Å²) in [6.45, 7) is 4.41. The second-order valence-electron chi connectivity index (χ2n) is 5.16. The van der Waals surface area contributed by atoms with Gasteiger partial charge in [-0.2, -0.15) is 0 Å². The molecule has 1 aromatic carbocycles. The Morgan fingerprint density at radius 3 is 2.57 bits per heavy atom. The van der Waals surface area contributed by atoms with Gasteiger partial charge in [0.15, 0.2) is 0 Å². The highest BCUT2D eigenvalue weighted by molar-refractivity contribution is 7.88. The van der Waals surface area contributed by atoms with E-state index < -0.39 is 10.0 Å². The Kier molecular flexibility index (Phi) is 6.64. The number of nitrogens with zero attached hydrogens (tertiary/aromatic N) is 1. The Balaban J connectivity index is 2.66. The van der Waals surface area contributed by atoms with Gasteiger partial charge in [-0.05, 0) is 31.5 Å². The molecule has 1 rings (SSSR count). The average Bonchev–Trinajstić information content (AvgIpc) is 2.34. The molecule has 0 heterocycles. The van der Waals surface area contributed by atoms with Crippen molar-refractivity contribution in [3.05, 3.63) is 34.9 Å². The molecule has 0 aliphatic rings. The summed E-state index contributed by atoms with van der Waals surface area (Å²) < 4.78 is 24.3. The molecule has 1 N–H and O–H groups in total. The van der Waals surface area contributed by atoms with Gasteiger partial charge in [0.05, 0.1) is 6.26 Å². The van der Waals surface area contributed by atoms with Gasteiger partial charge in [0.1, 0.15) is 0 Å².